The van der Waals surface area contributed by atoms with E-state index < -0.39 is 11.5 Å². The van der Waals surface area contributed by atoms with Crippen LogP contribution in [0.5, 0.6) is 0 Å². The SMILES string of the molecule is CC(CCNC(=O)COC1CCC(Cl)C(F)C1)NSCC1CCCCC1. The van der Waals surface area contributed by atoms with Crippen molar-refractivity contribution in [3.8, 4) is 0 Å². The highest BCUT2D eigenvalue weighted by Crippen LogP contribution is 2.28. The van der Waals surface area contributed by atoms with Gasteiger partial charge in [-0.05, 0) is 44.9 Å². The molecule has 26 heavy (non-hydrogen) atoms. The quantitative estimate of drug-likeness (QED) is 0.420. The van der Waals surface area contributed by atoms with E-state index in [1.165, 1.54) is 37.9 Å². The van der Waals surface area contributed by atoms with Gasteiger partial charge in [0.1, 0.15) is 12.8 Å². The van der Waals surface area contributed by atoms with Gasteiger partial charge in [-0.25, -0.2) is 4.39 Å². The Balaban J connectivity index is 1.46. The largest absolute Gasteiger partial charge is 0.368 e. The predicted octanol–water partition coefficient (Wildman–Crippen LogP) is 4.21. The second-order valence-corrected chi connectivity index (χ2v) is 9.17. The van der Waals surface area contributed by atoms with Crippen molar-refractivity contribution in [2.24, 2.45) is 5.92 Å². The molecule has 0 aromatic rings. The summed E-state index contributed by atoms with van der Waals surface area (Å²) in [6, 6.07) is 0.358. The van der Waals surface area contributed by atoms with Gasteiger partial charge in [0.15, 0.2) is 0 Å². The minimum Gasteiger partial charge on any atom is -0.368 e. The number of halogens is 2. The third-order valence-electron chi connectivity index (χ3n) is 5.32. The molecule has 4 atom stereocenters. The van der Waals surface area contributed by atoms with E-state index in [-0.39, 0.29) is 18.6 Å². The van der Waals surface area contributed by atoms with Crippen molar-refractivity contribution >= 4 is 29.5 Å². The maximum Gasteiger partial charge on any atom is 0.246 e. The summed E-state index contributed by atoms with van der Waals surface area (Å²) in [7, 11) is 0. The van der Waals surface area contributed by atoms with Crippen LogP contribution < -0.4 is 10.0 Å². The molecule has 2 aliphatic rings. The first-order chi connectivity index (χ1) is 12.5. The molecule has 4 unspecified atom stereocenters. The van der Waals surface area contributed by atoms with Gasteiger partial charge >= 0.3 is 0 Å². The molecule has 2 rings (SSSR count). The summed E-state index contributed by atoms with van der Waals surface area (Å²) in [5, 5.41) is 2.47. The number of alkyl halides is 2. The minimum atomic E-state index is -1.03. The normalized spacial score (nSPS) is 28.7. The highest BCUT2D eigenvalue weighted by molar-refractivity contribution is 7.97. The summed E-state index contributed by atoms with van der Waals surface area (Å²) in [6.45, 7) is 2.77. The van der Waals surface area contributed by atoms with Gasteiger partial charge in [-0.1, -0.05) is 31.2 Å². The van der Waals surface area contributed by atoms with Gasteiger partial charge in [0, 0.05) is 24.8 Å². The summed E-state index contributed by atoms with van der Waals surface area (Å²) in [5.74, 6) is 1.92. The summed E-state index contributed by atoms with van der Waals surface area (Å²) in [5.41, 5.74) is 0. The van der Waals surface area contributed by atoms with Gasteiger partial charge in [-0.3, -0.25) is 9.52 Å². The van der Waals surface area contributed by atoms with Crippen molar-refractivity contribution in [2.45, 2.75) is 88.4 Å². The summed E-state index contributed by atoms with van der Waals surface area (Å²) >= 11 is 7.68. The Bertz CT molecular complexity index is 413. The molecule has 2 fully saturated rings. The molecule has 0 heterocycles. The fourth-order valence-corrected chi connectivity index (χ4v) is 4.88. The van der Waals surface area contributed by atoms with E-state index in [4.69, 9.17) is 16.3 Å². The van der Waals surface area contributed by atoms with Gasteiger partial charge in [-0.15, -0.1) is 11.6 Å². The lowest BCUT2D eigenvalue weighted by Gasteiger charge is -2.28. The zero-order valence-corrected chi connectivity index (χ0v) is 17.4. The van der Waals surface area contributed by atoms with Crippen LogP contribution in [-0.2, 0) is 9.53 Å². The molecule has 0 aromatic carbocycles. The van der Waals surface area contributed by atoms with E-state index in [2.05, 4.69) is 17.0 Å². The topological polar surface area (TPSA) is 50.4 Å². The highest BCUT2D eigenvalue weighted by atomic mass is 35.5. The first kappa shape index (κ1) is 22.3. The summed E-state index contributed by atoms with van der Waals surface area (Å²) in [6.07, 6.45) is 8.19. The van der Waals surface area contributed by atoms with Gasteiger partial charge in [0.25, 0.3) is 0 Å². The minimum absolute atomic E-state index is 0.00256. The molecule has 7 heteroatoms. The van der Waals surface area contributed by atoms with Crippen LogP contribution in [0.25, 0.3) is 0 Å². The lowest BCUT2D eigenvalue weighted by atomic mass is 9.91. The molecule has 0 radical (unpaired) electrons. The zero-order chi connectivity index (χ0) is 18.8. The van der Waals surface area contributed by atoms with E-state index >= 15 is 0 Å². The van der Waals surface area contributed by atoms with E-state index in [1.807, 2.05) is 11.9 Å². The van der Waals surface area contributed by atoms with Crippen molar-refractivity contribution in [1.82, 2.24) is 10.0 Å². The Kier molecular flexibility index (Phi) is 10.6. The molecule has 2 aliphatic carbocycles. The van der Waals surface area contributed by atoms with E-state index in [9.17, 15) is 9.18 Å². The molecule has 0 saturated heterocycles. The Morgan fingerprint density at radius 3 is 2.77 bits per heavy atom. The average molecular weight is 409 g/mol. The number of ether oxygens (including phenoxy) is 1. The van der Waals surface area contributed by atoms with Crippen LogP contribution in [-0.4, -0.2) is 48.5 Å². The Labute approximate surface area is 166 Å². The molecule has 0 aromatic heterocycles. The predicted molar refractivity (Wildman–Crippen MR) is 107 cm³/mol. The molecular weight excluding hydrogens is 375 g/mol. The van der Waals surface area contributed by atoms with Gasteiger partial charge in [-0.2, -0.15) is 0 Å². The number of rotatable bonds is 10. The highest BCUT2D eigenvalue weighted by Gasteiger charge is 2.29. The third kappa shape index (κ3) is 8.77. The number of amides is 1. The van der Waals surface area contributed by atoms with E-state index in [1.54, 1.807) is 0 Å². The number of nitrogens with one attached hydrogen (secondary N) is 2. The van der Waals surface area contributed by atoms with Crippen molar-refractivity contribution in [1.29, 1.82) is 0 Å². The Hall–Kier alpha value is -0.0400. The average Bonchev–Trinajstić information content (AvgIpc) is 2.63. The standard InChI is InChI=1S/C19H34ClFN2O2S/c1-14(23-26-13-15-5-3-2-4-6-15)9-10-22-19(24)12-25-16-7-8-17(20)18(21)11-16/h14-18,23H,2-13H2,1H3,(H,22,24). The first-order valence-electron chi connectivity index (χ1n) is 10.1. The molecule has 2 N–H and O–H groups in total. The fourth-order valence-electron chi connectivity index (χ4n) is 3.59. The van der Waals surface area contributed by atoms with Crippen LogP contribution in [0.4, 0.5) is 4.39 Å². The van der Waals surface area contributed by atoms with Crippen LogP contribution in [0.15, 0.2) is 0 Å². The maximum atomic E-state index is 13.5. The van der Waals surface area contributed by atoms with Crippen LogP contribution in [0.1, 0.15) is 64.7 Å². The number of carbonyl (C=O) groups excluding carboxylic acids is 1. The Morgan fingerprint density at radius 2 is 2.04 bits per heavy atom. The smallest absolute Gasteiger partial charge is 0.246 e. The number of hydrogen-bond acceptors (Lipinski definition) is 4. The van der Waals surface area contributed by atoms with Crippen molar-refractivity contribution in [3.63, 3.8) is 0 Å². The second-order valence-electron chi connectivity index (χ2n) is 7.75. The first-order valence-corrected chi connectivity index (χ1v) is 11.5. The lowest BCUT2D eigenvalue weighted by molar-refractivity contribution is -0.128. The molecule has 0 bridgehead atoms. The van der Waals surface area contributed by atoms with Crippen LogP contribution in [0.2, 0.25) is 0 Å². The Morgan fingerprint density at radius 1 is 1.27 bits per heavy atom. The molecule has 152 valence electrons. The van der Waals surface area contributed by atoms with Crippen LogP contribution in [0.3, 0.4) is 0 Å². The molecular formula is C19H34ClFN2O2S. The maximum absolute atomic E-state index is 13.5. The van der Waals surface area contributed by atoms with Gasteiger partial charge < -0.3 is 10.1 Å². The van der Waals surface area contributed by atoms with Crippen molar-refractivity contribution in [2.75, 3.05) is 18.9 Å². The molecule has 0 aliphatic heterocycles. The molecule has 1 amide bonds. The summed E-state index contributed by atoms with van der Waals surface area (Å²) < 4.78 is 22.5. The van der Waals surface area contributed by atoms with E-state index in [0.717, 1.165) is 18.8 Å². The third-order valence-corrected chi connectivity index (χ3v) is 7.02. The lowest BCUT2D eigenvalue weighted by Crippen LogP contribution is -2.36. The van der Waals surface area contributed by atoms with Crippen LogP contribution in [0, 0.1) is 5.92 Å². The number of carbonyl (C=O) groups is 1. The molecule has 0 spiro atoms. The zero-order valence-electron chi connectivity index (χ0n) is 15.9. The fraction of sp³-hybridized carbons (Fsp3) is 0.947. The molecule has 2 saturated carbocycles. The second kappa shape index (κ2) is 12.4. The van der Waals surface area contributed by atoms with E-state index in [0.29, 0.717) is 25.4 Å². The monoisotopic (exact) mass is 408 g/mol. The van der Waals surface area contributed by atoms with Gasteiger partial charge in [0.05, 0.1) is 11.5 Å². The number of hydrogen-bond donors (Lipinski definition) is 2. The summed E-state index contributed by atoms with van der Waals surface area (Å²) in [4.78, 5) is 11.9. The van der Waals surface area contributed by atoms with Crippen molar-refractivity contribution < 1.29 is 13.9 Å². The molecule has 4 nitrogen and oxygen atoms in total. The van der Waals surface area contributed by atoms with Gasteiger partial charge in [0.2, 0.25) is 5.91 Å². The van der Waals surface area contributed by atoms with Crippen LogP contribution >= 0.6 is 23.5 Å². The van der Waals surface area contributed by atoms with Crippen molar-refractivity contribution in [3.05, 3.63) is 0 Å².